The molecule has 1 nitrogen and oxygen atoms in total. The lowest BCUT2D eigenvalue weighted by molar-refractivity contribution is 0.307. The summed E-state index contributed by atoms with van der Waals surface area (Å²) in [4.78, 5) is 0. The molecule has 0 spiro atoms. The van der Waals surface area contributed by atoms with Gasteiger partial charge in [-0.1, -0.05) is 57.7 Å². The molecule has 0 bridgehead atoms. The summed E-state index contributed by atoms with van der Waals surface area (Å²) in [6, 6.07) is 6.96. The zero-order valence-corrected chi connectivity index (χ0v) is 12.6. The Morgan fingerprint density at radius 3 is 2.53 bits per heavy atom. The SMILES string of the molecule is CCCCC(CC)CC(C)(N)Cc1ccccc1F. The molecule has 0 aliphatic carbocycles. The van der Waals surface area contributed by atoms with Gasteiger partial charge in [-0.15, -0.1) is 0 Å². The predicted octanol–water partition coefficient (Wildman–Crippen LogP) is 4.69. The smallest absolute Gasteiger partial charge is 0.126 e. The first-order valence-electron chi connectivity index (χ1n) is 7.50. The van der Waals surface area contributed by atoms with Crippen molar-refractivity contribution in [3.8, 4) is 0 Å². The van der Waals surface area contributed by atoms with E-state index in [0.29, 0.717) is 12.3 Å². The van der Waals surface area contributed by atoms with Crippen molar-refractivity contribution in [3.05, 3.63) is 35.6 Å². The first-order chi connectivity index (χ1) is 8.98. The van der Waals surface area contributed by atoms with Crippen LogP contribution in [0.25, 0.3) is 0 Å². The van der Waals surface area contributed by atoms with E-state index in [0.717, 1.165) is 18.4 Å². The highest BCUT2D eigenvalue weighted by Gasteiger charge is 2.24. The third kappa shape index (κ3) is 5.73. The van der Waals surface area contributed by atoms with E-state index in [1.165, 1.54) is 25.3 Å². The Hall–Kier alpha value is -0.890. The Balaban J connectivity index is 2.62. The molecule has 0 aliphatic heterocycles. The number of hydrogen-bond acceptors (Lipinski definition) is 1. The van der Waals surface area contributed by atoms with Gasteiger partial charge in [0, 0.05) is 5.54 Å². The van der Waals surface area contributed by atoms with Crippen molar-refractivity contribution in [2.45, 2.75) is 64.8 Å². The lowest BCUT2D eigenvalue weighted by Gasteiger charge is -2.29. The van der Waals surface area contributed by atoms with Crippen LogP contribution in [0.5, 0.6) is 0 Å². The fourth-order valence-corrected chi connectivity index (χ4v) is 2.75. The molecule has 1 aromatic carbocycles. The molecule has 0 aromatic heterocycles. The van der Waals surface area contributed by atoms with Crippen LogP contribution in [0.3, 0.4) is 0 Å². The standard InChI is InChI=1S/C17H28FN/c1-4-6-9-14(5-2)12-17(3,19)13-15-10-7-8-11-16(15)18/h7-8,10-11,14H,4-6,9,12-13,19H2,1-3H3. The van der Waals surface area contributed by atoms with Gasteiger partial charge in [0.15, 0.2) is 0 Å². The number of rotatable bonds is 8. The van der Waals surface area contributed by atoms with Crippen LogP contribution < -0.4 is 5.73 Å². The summed E-state index contributed by atoms with van der Waals surface area (Å²) in [5.41, 5.74) is 6.81. The number of hydrogen-bond donors (Lipinski definition) is 1. The maximum Gasteiger partial charge on any atom is 0.126 e. The largest absolute Gasteiger partial charge is 0.325 e. The van der Waals surface area contributed by atoms with E-state index in [-0.39, 0.29) is 11.4 Å². The molecule has 2 heteroatoms. The molecule has 1 aromatic rings. The van der Waals surface area contributed by atoms with Gasteiger partial charge in [0.2, 0.25) is 0 Å². The molecule has 0 aliphatic rings. The van der Waals surface area contributed by atoms with Crippen molar-refractivity contribution < 1.29 is 4.39 Å². The number of benzene rings is 1. The van der Waals surface area contributed by atoms with E-state index < -0.39 is 0 Å². The van der Waals surface area contributed by atoms with E-state index >= 15 is 0 Å². The fourth-order valence-electron chi connectivity index (χ4n) is 2.75. The van der Waals surface area contributed by atoms with Crippen LogP contribution in [0.4, 0.5) is 4.39 Å². The average Bonchev–Trinajstić information content (AvgIpc) is 2.37. The normalized spacial score (nSPS) is 16.1. The van der Waals surface area contributed by atoms with Crippen molar-refractivity contribution >= 4 is 0 Å². The van der Waals surface area contributed by atoms with Crippen molar-refractivity contribution in [1.29, 1.82) is 0 Å². The highest BCUT2D eigenvalue weighted by molar-refractivity contribution is 5.19. The minimum atomic E-state index is -0.323. The number of nitrogens with two attached hydrogens (primary N) is 1. The van der Waals surface area contributed by atoms with Gasteiger partial charge in [-0.2, -0.15) is 0 Å². The van der Waals surface area contributed by atoms with Crippen LogP contribution in [-0.4, -0.2) is 5.54 Å². The Kier molecular flexibility index (Phi) is 6.50. The summed E-state index contributed by atoms with van der Waals surface area (Å²) in [5, 5.41) is 0. The van der Waals surface area contributed by atoms with Crippen LogP contribution >= 0.6 is 0 Å². The summed E-state index contributed by atoms with van der Waals surface area (Å²) in [6.07, 6.45) is 6.46. The monoisotopic (exact) mass is 265 g/mol. The highest BCUT2D eigenvalue weighted by Crippen LogP contribution is 2.26. The molecule has 19 heavy (non-hydrogen) atoms. The van der Waals surface area contributed by atoms with Gasteiger partial charge in [-0.05, 0) is 37.3 Å². The third-order valence-electron chi connectivity index (χ3n) is 3.85. The van der Waals surface area contributed by atoms with Gasteiger partial charge in [0.05, 0.1) is 0 Å². The van der Waals surface area contributed by atoms with E-state index in [1.807, 2.05) is 19.1 Å². The molecule has 2 atom stereocenters. The average molecular weight is 265 g/mol. The van der Waals surface area contributed by atoms with E-state index in [1.54, 1.807) is 6.07 Å². The van der Waals surface area contributed by atoms with E-state index in [9.17, 15) is 4.39 Å². The van der Waals surface area contributed by atoms with Crippen LogP contribution in [0.1, 0.15) is 58.4 Å². The van der Waals surface area contributed by atoms with Crippen molar-refractivity contribution in [1.82, 2.24) is 0 Å². The third-order valence-corrected chi connectivity index (χ3v) is 3.85. The second-order valence-corrected chi connectivity index (χ2v) is 6.04. The fraction of sp³-hybridized carbons (Fsp3) is 0.647. The molecule has 0 saturated heterocycles. The summed E-state index contributed by atoms with van der Waals surface area (Å²) in [6.45, 7) is 6.49. The zero-order chi connectivity index (χ0) is 14.3. The zero-order valence-electron chi connectivity index (χ0n) is 12.6. The first kappa shape index (κ1) is 16.2. The molecule has 0 amide bonds. The Labute approximate surface area is 117 Å². The minimum Gasteiger partial charge on any atom is -0.325 e. The van der Waals surface area contributed by atoms with Crippen molar-refractivity contribution in [3.63, 3.8) is 0 Å². The van der Waals surface area contributed by atoms with Gasteiger partial charge >= 0.3 is 0 Å². The van der Waals surface area contributed by atoms with Gasteiger partial charge in [0.1, 0.15) is 5.82 Å². The van der Waals surface area contributed by atoms with Crippen LogP contribution in [0.15, 0.2) is 24.3 Å². The molecule has 0 heterocycles. The predicted molar refractivity (Wildman–Crippen MR) is 80.6 cm³/mol. The highest BCUT2D eigenvalue weighted by atomic mass is 19.1. The molecule has 108 valence electrons. The van der Waals surface area contributed by atoms with Gasteiger partial charge in [-0.25, -0.2) is 4.39 Å². The molecular weight excluding hydrogens is 237 g/mol. The Morgan fingerprint density at radius 1 is 1.26 bits per heavy atom. The molecule has 2 N–H and O–H groups in total. The topological polar surface area (TPSA) is 26.0 Å². The van der Waals surface area contributed by atoms with Gasteiger partial charge < -0.3 is 5.73 Å². The van der Waals surface area contributed by atoms with E-state index in [2.05, 4.69) is 13.8 Å². The lowest BCUT2D eigenvalue weighted by atomic mass is 9.81. The first-order valence-corrected chi connectivity index (χ1v) is 7.50. The second kappa shape index (κ2) is 7.64. The van der Waals surface area contributed by atoms with E-state index in [4.69, 9.17) is 5.73 Å². The van der Waals surface area contributed by atoms with Gasteiger partial charge in [-0.3, -0.25) is 0 Å². The summed E-state index contributed by atoms with van der Waals surface area (Å²) in [5.74, 6) is 0.516. The van der Waals surface area contributed by atoms with Crippen molar-refractivity contribution in [2.24, 2.45) is 11.7 Å². The molecule has 0 fully saturated rings. The Bertz CT molecular complexity index is 373. The minimum absolute atomic E-state index is 0.138. The quantitative estimate of drug-likeness (QED) is 0.725. The van der Waals surface area contributed by atoms with Crippen LogP contribution in [0, 0.1) is 11.7 Å². The molecule has 1 rings (SSSR count). The Morgan fingerprint density at radius 2 is 1.95 bits per heavy atom. The molecule has 0 radical (unpaired) electrons. The number of unbranched alkanes of at least 4 members (excludes halogenated alkanes) is 1. The van der Waals surface area contributed by atoms with Gasteiger partial charge in [0.25, 0.3) is 0 Å². The summed E-state index contributed by atoms with van der Waals surface area (Å²) < 4.78 is 13.7. The maximum atomic E-state index is 13.7. The molecular formula is C17H28FN. The number of halogens is 1. The lowest BCUT2D eigenvalue weighted by Crippen LogP contribution is -2.40. The molecule has 2 unspecified atom stereocenters. The summed E-state index contributed by atoms with van der Waals surface area (Å²) >= 11 is 0. The summed E-state index contributed by atoms with van der Waals surface area (Å²) in [7, 11) is 0. The van der Waals surface area contributed by atoms with Crippen LogP contribution in [-0.2, 0) is 6.42 Å². The van der Waals surface area contributed by atoms with Crippen molar-refractivity contribution in [2.75, 3.05) is 0 Å². The maximum absolute atomic E-state index is 13.7. The molecule has 0 saturated carbocycles. The second-order valence-electron chi connectivity index (χ2n) is 6.04. The van der Waals surface area contributed by atoms with Crippen LogP contribution in [0.2, 0.25) is 0 Å².